The standard InChI is InChI=1S/C20H25FN2O5S/c1-26-16-4-3-5-17(14-16)28-13-12-22-8-10-23(11-9-22)29(24,25)18-6-7-20(27-2)19(21)15-18/h3-7,14-15H,8-13H2,1-2H3. The molecule has 1 heterocycles. The van der Waals surface area contributed by atoms with Gasteiger partial charge in [0.15, 0.2) is 11.6 Å². The van der Waals surface area contributed by atoms with Gasteiger partial charge in [0.2, 0.25) is 10.0 Å². The highest BCUT2D eigenvalue weighted by Gasteiger charge is 2.29. The molecule has 0 N–H and O–H groups in total. The van der Waals surface area contributed by atoms with Gasteiger partial charge in [-0.3, -0.25) is 4.90 Å². The zero-order valence-corrected chi connectivity index (χ0v) is 17.3. The molecule has 0 aliphatic carbocycles. The van der Waals surface area contributed by atoms with Gasteiger partial charge < -0.3 is 14.2 Å². The lowest BCUT2D eigenvalue weighted by molar-refractivity contribution is 0.158. The second-order valence-corrected chi connectivity index (χ2v) is 8.51. The molecule has 0 amide bonds. The van der Waals surface area contributed by atoms with Crippen molar-refractivity contribution < 1.29 is 27.0 Å². The van der Waals surface area contributed by atoms with E-state index >= 15 is 0 Å². The van der Waals surface area contributed by atoms with Crippen LogP contribution in [-0.2, 0) is 10.0 Å². The Morgan fingerprint density at radius 2 is 1.69 bits per heavy atom. The molecule has 9 heteroatoms. The average molecular weight is 424 g/mol. The van der Waals surface area contributed by atoms with Crippen molar-refractivity contribution in [2.45, 2.75) is 4.90 Å². The zero-order chi connectivity index (χ0) is 20.9. The molecule has 1 aliphatic rings. The summed E-state index contributed by atoms with van der Waals surface area (Å²) >= 11 is 0. The Hall–Kier alpha value is -2.36. The lowest BCUT2D eigenvalue weighted by atomic mass is 10.3. The molecule has 0 aromatic heterocycles. The molecule has 1 fully saturated rings. The van der Waals surface area contributed by atoms with Crippen LogP contribution in [0.4, 0.5) is 4.39 Å². The van der Waals surface area contributed by atoms with Gasteiger partial charge in [0.05, 0.1) is 19.1 Å². The molecular weight excluding hydrogens is 399 g/mol. The number of methoxy groups -OCH3 is 2. The highest BCUT2D eigenvalue weighted by Crippen LogP contribution is 2.24. The van der Waals surface area contributed by atoms with E-state index in [0.29, 0.717) is 39.3 Å². The first kappa shape index (κ1) is 21.4. The molecule has 2 aromatic carbocycles. The number of sulfonamides is 1. The fraction of sp³-hybridized carbons (Fsp3) is 0.400. The third-order valence-corrected chi connectivity index (χ3v) is 6.70. The van der Waals surface area contributed by atoms with Gasteiger partial charge in [-0.2, -0.15) is 4.31 Å². The molecule has 0 saturated carbocycles. The molecular formula is C20H25FN2O5S. The minimum Gasteiger partial charge on any atom is -0.497 e. The Bertz CT molecular complexity index is 930. The van der Waals surface area contributed by atoms with Crippen molar-refractivity contribution in [3.8, 4) is 17.2 Å². The normalized spacial score (nSPS) is 15.8. The Kier molecular flexibility index (Phi) is 6.94. The van der Waals surface area contributed by atoms with Crippen LogP contribution in [0, 0.1) is 5.82 Å². The first-order valence-electron chi connectivity index (χ1n) is 9.27. The summed E-state index contributed by atoms with van der Waals surface area (Å²) in [4.78, 5) is 2.08. The van der Waals surface area contributed by atoms with E-state index in [1.807, 2.05) is 24.3 Å². The van der Waals surface area contributed by atoms with Gasteiger partial charge in [0.25, 0.3) is 0 Å². The number of hydrogen-bond donors (Lipinski definition) is 0. The van der Waals surface area contributed by atoms with E-state index in [1.165, 1.54) is 23.5 Å². The fourth-order valence-electron chi connectivity index (χ4n) is 3.13. The molecule has 0 radical (unpaired) electrons. The number of nitrogens with zero attached hydrogens (tertiary/aromatic N) is 2. The van der Waals surface area contributed by atoms with Crippen LogP contribution in [-0.4, -0.2) is 71.2 Å². The summed E-state index contributed by atoms with van der Waals surface area (Å²) in [5.74, 6) is 0.787. The summed E-state index contributed by atoms with van der Waals surface area (Å²) in [5.41, 5.74) is 0. The van der Waals surface area contributed by atoms with Crippen molar-refractivity contribution in [3.63, 3.8) is 0 Å². The van der Waals surface area contributed by atoms with Crippen LogP contribution in [0.3, 0.4) is 0 Å². The van der Waals surface area contributed by atoms with E-state index < -0.39 is 15.8 Å². The Morgan fingerprint density at radius 1 is 0.966 bits per heavy atom. The minimum atomic E-state index is -3.74. The maximum absolute atomic E-state index is 13.9. The number of rotatable bonds is 8. The predicted molar refractivity (Wildman–Crippen MR) is 107 cm³/mol. The van der Waals surface area contributed by atoms with E-state index in [1.54, 1.807) is 7.11 Å². The average Bonchev–Trinajstić information content (AvgIpc) is 2.74. The SMILES string of the molecule is COc1cccc(OCCN2CCN(S(=O)(=O)c3ccc(OC)c(F)c3)CC2)c1. The quantitative estimate of drug-likeness (QED) is 0.647. The molecule has 7 nitrogen and oxygen atoms in total. The summed E-state index contributed by atoms with van der Waals surface area (Å²) in [6, 6.07) is 11.1. The van der Waals surface area contributed by atoms with E-state index in [9.17, 15) is 12.8 Å². The van der Waals surface area contributed by atoms with Crippen LogP contribution < -0.4 is 14.2 Å². The van der Waals surface area contributed by atoms with Crippen molar-refractivity contribution in [3.05, 3.63) is 48.3 Å². The zero-order valence-electron chi connectivity index (χ0n) is 16.5. The smallest absolute Gasteiger partial charge is 0.243 e. The minimum absolute atomic E-state index is 0.0183. The highest BCUT2D eigenvalue weighted by molar-refractivity contribution is 7.89. The number of benzene rings is 2. The summed E-state index contributed by atoms with van der Waals surface area (Å²) in [6.07, 6.45) is 0. The molecule has 0 atom stereocenters. The van der Waals surface area contributed by atoms with Crippen LogP contribution in [0.25, 0.3) is 0 Å². The van der Waals surface area contributed by atoms with E-state index in [-0.39, 0.29) is 10.6 Å². The molecule has 0 unspecified atom stereocenters. The molecule has 2 aromatic rings. The fourth-order valence-corrected chi connectivity index (χ4v) is 4.57. The van der Waals surface area contributed by atoms with Gasteiger partial charge in [0, 0.05) is 38.8 Å². The largest absolute Gasteiger partial charge is 0.497 e. The number of piperazine rings is 1. The van der Waals surface area contributed by atoms with Crippen LogP contribution in [0.15, 0.2) is 47.4 Å². The van der Waals surface area contributed by atoms with Crippen molar-refractivity contribution in [1.82, 2.24) is 9.21 Å². The van der Waals surface area contributed by atoms with Gasteiger partial charge in [0.1, 0.15) is 18.1 Å². The van der Waals surface area contributed by atoms with Gasteiger partial charge in [-0.05, 0) is 30.3 Å². The summed E-state index contributed by atoms with van der Waals surface area (Å²) in [7, 11) is -0.797. The second-order valence-electron chi connectivity index (χ2n) is 6.57. The van der Waals surface area contributed by atoms with Crippen molar-refractivity contribution in [2.75, 3.05) is 53.6 Å². The van der Waals surface area contributed by atoms with Crippen LogP contribution in [0.2, 0.25) is 0 Å². The molecule has 0 spiro atoms. The van der Waals surface area contributed by atoms with E-state index in [4.69, 9.17) is 14.2 Å². The highest BCUT2D eigenvalue weighted by atomic mass is 32.2. The lowest BCUT2D eigenvalue weighted by Gasteiger charge is -2.33. The van der Waals surface area contributed by atoms with Gasteiger partial charge >= 0.3 is 0 Å². The maximum atomic E-state index is 13.9. The number of ether oxygens (including phenoxy) is 3. The third-order valence-electron chi connectivity index (χ3n) is 4.81. The van der Waals surface area contributed by atoms with E-state index in [0.717, 1.165) is 17.6 Å². The van der Waals surface area contributed by atoms with Crippen molar-refractivity contribution >= 4 is 10.0 Å². The number of halogens is 1. The summed E-state index contributed by atoms with van der Waals surface area (Å²) < 4.78 is 56.6. The molecule has 1 aliphatic heterocycles. The molecule has 29 heavy (non-hydrogen) atoms. The second kappa shape index (κ2) is 9.43. The number of hydrogen-bond acceptors (Lipinski definition) is 6. The maximum Gasteiger partial charge on any atom is 0.243 e. The predicted octanol–water partition coefficient (Wildman–Crippen LogP) is 2.23. The Labute approximate surface area is 170 Å². The molecule has 1 saturated heterocycles. The van der Waals surface area contributed by atoms with Crippen molar-refractivity contribution in [2.24, 2.45) is 0 Å². The van der Waals surface area contributed by atoms with Gasteiger partial charge in [-0.25, -0.2) is 12.8 Å². The lowest BCUT2D eigenvalue weighted by Crippen LogP contribution is -2.49. The first-order valence-corrected chi connectivity index (χ1v) is 10.7. The molecule has 0 bridgehead atoms. The Balaban J connectivity index is 1.51. The third kappa shape index (κ3) is 5.17. The van der Waals surface area contributed by atoms with Gasteiger partial charge in [-0.15, -0.1) is 0 Å². The van der Waals surface area contributed by atoms with E-state index in [2.05, 4.69) is 4.90 Å². The van der Waals surface area contributed by atoms with Crippen molar-refractivity contribution in [1.29, 1.82) is 0 Å². The Morgan fingerprint density at radius 3 is 2.34 bits per heavy atom. The first-order chi connectivity index (χ1) is 13.9. The summed E-state index contributed by atoms with van der Waals surface area (Å²) in [6.45, 7) is 3.02. The summed E-state index contributed by atoms with van der Waals surface area (Å²) in [5, 5.41) is 0. The topological polar surface area (TPSA) is 68.3 Å². The van der Waals surface area contributed by atoms with Crippen LogP contribution >= 0.6 is 0 Å². The molecule has 158 valence electrons. The van der Waals surface area contributed by atoms with Gasteiger partial charge in [-0.1, -0.05) is 6.07 Å². The monoisotopic (exact) mass is 424 g/mol. The van der Waals surface area contributed by atoms with Crippen LogP contribution in [0.5, 0.6) is 17.2 Å². The molecule has 3 rings (SSSR count). The van der Waals surface area contributed by atoms with Crippen LogP contribution in [0.1, 0.15) is 0 Å².